The fourth-order valence-corrected chi connectivity index (χ4v) is 2.44. The van der Waals surface area contributed by atoms with Crippen LogP contribution in [0.5, 0.6) is 0 Å². The first-order valence-electron chi connectivity index (χ1n) is 6.75. The SMILES string of the molecule is CCOC(=O)CCn1nc(C(N)=O)c2c1CCN(C)C2. The second-order valence-electron chi connectivity index (χ2n) is 4.90. The van der Waals surface area contributed by atoms with Crippen molar-refractivity contribution in [1.29, 1.82) is 0 Å². The van der Waals surface area contributed by atoms with Crippen molar-refractivity contribution >= 4 is 11.9 Å². The standard InChI is InChI=1S/C13H20N4O3/c1-3-20-11(18)5-7-17-10-4-6-16(2)8-9(10)12(15-17)13(14)19/h3-8H2,1-2H3,(H2,14,19). The van der Waals surface area contributed by atoms with Gasteiger partial charge in [0.05, 0.1) is 19.6 Å². The van der Waals surface area contributed by atoms with E-state index >= 15 is 0 Å². The zero-order valence-corrected chi connectivity index (χ0v) is 11.9. The number of hydrogen-bond acceptors (Lipinski definition) is 5. The molecular weight excluding hydrogens is 260 g/mol. The largest absolute Gasteiger partial charge is 0.466 e. The van der Waals surface area contributed by atoms with Gasteiger partial charge in [-0.25, -0.2) is 0 Å². The lowest BCUT2D eigenvalue weighted by Crippen LogP contribution is -2.28. The molecule has 0 fully saturated rings. The number of esters is 1. The molecule has 1 aliphatic rings. The van der Waals surface area contributed by atoms with Gasteiger partial charge in [0.15, 0.2) is 5.69 Å². The van der Waals surface area contributed by atoms with E-state index in [1.807, 2.05) is 7.05 Å². The molecule has 1 aromatic heterocycles. The fourth-order valence-electron chi connectivity index (χ4n) is 2.44. The number of fused-ring (bicyclic) bond motifs is 1. The molecule has 0 aromatic carbocycles. The molecule has 1 aliphatic heterocycles. The first-order valence-corrected chi connectivity index (χ1v) is 6.75. The van der Waals surface area contributed by atoms with E-state index in [4.69, 9.17) is 10.5 Å². The molecule has 1 aromatic rings. The third-order valence-corrected chi connectivity index (χ3v) is 3.39. The summed E-state index contributed by atoms with van der Waals surface area (Å²) in [7, 11) is 1.99. The molecule has 20 heavy (non-hydrogen) atoms. The van der Waals surface area contributed by atoms with Crippen molar-refractivity contribution < 1.29 is 14.3 Å². The van der Waals surface area contributed by atoms with Gasteiger partial charge in [0.1, 0.15) is 0 Å². The molecule has 110 valence electrons. The number of nitrogens with two attached hydrogens (primary N) is 1. The zero-order chi connectivity index (χ0) is 14.7. The Balaban J connectivity index is 2.19. The first kappa shape index (κ1) is 14.5. The quantitative estimate of drug-likeness (QED) is 0.762. The number of nitrogens with zero attached hydrogens (tertiary/aromatic N) is 3. The minimum atomic E-state index is -0.522. The van der Waals surface area contributed by atoms with Crippen molar-refractivity contribution in [1.82, 2.24) is 14.7 Å². The second-order valence-corrected chi connectivity index (χ2v) is 4.90. The molecule has 0 radical (unpaired) electrons. The fraction of sp³-hybridized carbons (Fsp3) is 0.615. The van der Waals surface area contributed by atoms with Crippen LogP contribution < -0.4 is 5.73 Å². The monoisotopic (exact) mass is 280 g/mol. The maximum atomic E-state index is 11.5. The summed E-state index contributed by atoms with van der Waals surface area (Å²) in [6, 6.07) is 0. The molecular formula is C13H20N4O3. The molecule has 0 unspecified atom stereocenters. The van der Waals surface area contributed by atoms with E-state index in [1.54, 1.807) is 11.6 Å². The van der Waals surface area contributed by atoms with E-state index in [2.05, 4.69) is 10.00 Å². The summed E-state index contributed by atoms with van der Waals surface area (Å²) >= 11 is 0. The minimum Gasteiger partial charge on any atom is -0.466 e. The van der Waals surface area contributed by atoms with Gasteiger partial charge in [0.25, 0.3) is 5.91 Å². The van der Waals surface area contributed by atoms with E-state index in [9.17, 15) is 9.59 Å². The van der Waals surface area contributed by atoms with Crippen LogP contribution in [0.4, 0.5) is 0 Å². The van der Waals surface area contributed by atoms with Gasteiger partial charge in [0.2, 0.25) is 0 Å². The Kier molecular flexibility index (Phi) is 4.39. The molecule has 2 heterocycles. The zero-order valence-electron chi connectivity index (χ0n) is 11.9. The van der Waals surface area contributed by atoms with Gasteiger partial charge in [-0.05, 0) is 14.0 Å². The van der Waals surface area contributed by atoms with E-state index < -0.39 is 5.91 Å². The average molecular weight is 280 g/mol. The summed E-state index contributed by atoms with van der Waals surface area (Å²) in [5.41, 5.74) is 7.58. The van der Waals surface area contributed by atoms with Gasteiger partial charge in [0, 0.05) is 30.8 Å². The number of likely N-dealkylation sites (N-methyl/N-ethyl adjacent to an activating group) is 1. The van der Waals surface area contributed by atoms with Crippen molar-refractivity contribution in [2.75, 3.05) is 20.2 Å². The Hall–Kier alpha value is -1.89. The Morgan fingerprint density at radius 1 is 1.45 bits per heavy atom. The Bertz CT molecular complexity index is 524. The van der Waals surface area contributed by atoms with Crippen molar-refractivity contribution in [3.63, 3.8) is 0 Å². The van der Waals surface area contributed by atoms with E-state index in [1.165, 1.54) is 0 Å². The molecule has 0 spiro atoms. The highest BCUT2D eigenvalue weighted by Crippen LogP contribution is 2.22. The van der Waals surface area contributed by atoms with Crippen LogP contribution in [0.1, 0.15) is 35.1 Å². The predicted octanol–water partition coefficient (Wildman–Crippen LogP) is -0.0769. The van der Waals surface area contributed by atoms with Gasteiger partial charge in [-0.1, -0.05) is 0 Å². The number of amides is 1. The number of carbonyl (C=O) groups is 2. The van der Waals surface area contributed by atoms with Crippen molar-refractivity contribution in [2.24, 2.45) is 5.73 Å². The van der Waals surface area contributed by atoms with Crippen LogP contribution in [-0.4, -0.2) is 46.8 Å². The maximum absolute atomic E-state index is 11.5. The smallest absolute Gasteiger partial charge is 0.307 e. The highest BCUT2D eigenvalue weighted by atomic mass is 16.5. The summed E-state index contributed by atoms with van der Waals surface area (Å²) in [6.07, 6.45) is 1.05. The number of rotatable bonds is 5. The number of ether oxygens (including phenoxy) is 1. The average Bonchev–Trinajstić information content (AvgIpc) is 2.75. The lowest BCUT2D eigenvalue weighted by atomic mass is 10.1. The Labute approximate surface area is 117 Å². The van der Waals surface area contributed by atoms with Crippen LogP contribution >= 0.6 is 0 Å². The van der Waals surface area contributed by atoms with Crippen LogP contribution in [0, 0.1) is 0 Å². The molecule has 0 atom stereocenters. The predicted molar refractivity (Wildman–Crippen MR) is 72.0 cm³/mol. The normalized spacial score (nSPS) is 14.9. The van der Waals surface area contributed by atoms with E-state index in [-0.39, 0.29) is 12.4 Å². The topological polar surface area (TPSA) is 90.5 Å². The Morgan fingerprint density at radius 3 is 2.85 bits per heavy atom. The van der Waals surface area contributed by atoms with Gasteiger partial charge in [-0.2, -0.15) is 5.10 Å². The molecule has 0 saturated carbocycles. The highest BCUT2D eigenvalue weighted by Gasteiger charge is 2.25. The summed E-state index contributed by atoms with van der Waals surface area (Å²) in [4.78, 5) is 25.0. The molecule has 1 amide bonds. The summed E-state index contributed by atoms with van der Waals surface area (Å²) in [5, 5.41) is 4.27. The lowest BCUT2D eigenvalue weighted by molar-refractivity contribution is -0.143. The molecule has 0 saturated heterocycles. The first-order chi connectivity index (χ1) is 9.52. The van der Waals surface area contributed by atoms with Crippen LogP contribution in [0.25, 0.3) is 0 Å². The van der Waals surface area contributed by atoms with E-state index in [0.717, 1.165) is 24.2 Å². The molecule has 0 bridgehead atoms. The molecule has 2 N–H and O–H groups in total. The van der Waals surface area contributed by atoms with Crippen LogP contribution in [-0.2, 0) is 29.0 Å². The van der Waals surface area contributed by atoms with Crippen LogP contribution in [0.15, 0.2) is 0 Å². The van der Waals surface area contributed by atoms with Crippen molar-refractivity contribution in [3.05, 3.63) is 17.0 Å². The number of primary amides is 1. The van der Waals surface area contributed by atoms with Crippen molar-refractivity contribution in [3.8, 4) is 0 Å². The van der Waals surface area contributed by atoms with Gasteiger partial charge in [-0.15, -0.1) is 0 Å². The van der Waals surface area contributed by atoms with Gasteiger partial charge >= 0.3 is 5.97 Å². The third-order valence-electron chi connectivity index (χ3n) is 3.39. The van der Waals surface area contributed by atoms with Gasteiger partial charge in [-0.3, -0.25) is 14.3 Å². The van der Waals surface area contributed by atoms with E-state index in [0.29, 0.717) is 25.4 Å². The van der Waals surface area contributed by atoms with Gasteiger partial charge < -0.3 is 15.4 Å². The Morgan fingerprint density at radius 2 is 2.20 bits per heavy atom. The third kappa shape index (κ3) is 2.98. The van der Waals surface area contributed by atoms with Crippen LogP contribution in [0.3, 0.4) is 0 Å². The minimum absolute atomic E-state index is 0.246. The summed E-state index contributed by atoms with van der Waals surface area (Å²) < 4.78 is 6.62. The molecule has 7 nitrogen and oxygen atoms in total. The van der Waals surface area contributed by atoms with Crippen LogP contribution in [0.2, 0.25) is 0 Å². The number of hydrogen-bond donors (Lipinski definition) is 1. The highest BCUT2D eigenvalue weighted by molar-refractivity contribution is 5.92. The second kappa shape index (κ2) is 6.04. The number of aromatic nitrogens is 2. The summed E-state index contributed by atoms with van der Waals surface area (Å²) in [6.45, 7) is 4.11. The van der Waals surface area contributed by atoms with Crippen molar-refractivity contribution in [2.45, 2.75) is 32.9 Å². The maximum Gasteiger partial charge on any atom is 0.307 e. The lowest BCUT2D eigenvalue weighted by Gasteiger charge is -2.23. The summed E-state index contributed by atoms with van der Waals surface area (Å²) in [5.74, 6) is -0.781. The number of carbonyl (C=O) groups excluding carboxylic acids is 2. The number of aryl methyl sites for hydroxylation is 1. The molecule has 2 rings (SSSR count). The molecule has 0 aliphatic carbocycles. The molecule has 7 heteroatoms.